The van der Waals surface area contributed by atoms with E-state index in [4.69, 9.17) is 10.8 Å². The molecule has 0 spiro atoms. The maximum atomic E-state index is 9.04. The van der Waals surface area contributed by atoms with Crippen molar-refractivity contribution in [2.24, 2.45) is 11.1 Å². The fourth-order valence-corrected chi connectivity index (χ4v) is 2.76. The van der Waals surface area contributed by atoms with Gasteiger partial charge >= 0.3 is 0 Å². The lowest BCUT2D eigenvalue weighted by Crippen LogP contribution is -2.44. The molecule has 3 heteroatoms. The average molecular weight is 226 g/mol. The van der Waals surface area contributed by atoms with Gasteiger partial charge in [0.25, 0.3) is 0 Å². The van der Waals surface area contributed by atoms with Gasteiger partial charge in [0.1, 0.15) is 0 Å². The molecular weight excluding hydrogens is 200 g/mol. The molecule has 0 amide bonds. The van der Waals surface area contributed by atoms with Crippen molar-refractivity contribution in [3.8, 4) is 0 Å². The highest BCUT2D eigenvalue weighted by Crippen LogP contribution is 2.36. The summed E-state index contributed by atoms with van der Waals surface area (Å²) in [5.74, 6) is 0. The molecule has 16 heavy (non-hydrogen) atoms. The Morgan fingerprint density at radius 2 is 2.00 bits per heavy atom. The minimum absolute atomic E-state index is 0.217. The van der Waals surface area contributed by atoms with E-state index in [1.165, 1.54) is 32.1 Å². The van der Waals surface area contributed by atoms with Gasteiger partial charge in [0.15, 0.2) is 0 Å². The highest BCUT2D eigenvalue weighted by Gasteiger charge is 2.32. The number of aliphatic hydroxyl groups excluding tert-OH is 1. The number of hydrogen-bond acceptors (Lipinski definition) is 3. The Bertz CT molecular complexity index is 200. The first-order valence-electron chi connectivity index (χ1n) is 6.40. The van der Waals surface area contributed by atoms with Crippen molar-refractivity contribution in [1.82, 2.24) is 4.90 Å². The summed E-state index contributed by atoms with van der Waals surface area (Å²) in [6, 6.07) is 0. The number of nitrogens with two attached hydrogens (primary N) is 1. The van der Waals surface area contributed by atoms with E-state index >= 15 is 0 Å². The molecule has 1 saturated carbocycles. The molecule has 3 N–H and O–H groups in total. The lowest BCUT2D eigenvalue weighted by Gasteiger charge is -2.40. The standard InChI is InChI=1S/C13H26N2O/c1-2-8-15(9-10-16)12-13(11-14)6-4-3-5-7-13/h2,16H,1,3-12,14H2. The number of rotatable bonds is 7. The summed E-state index contributed by atoms with van der Waals surface area (Å²) in [4.78, 5) is 2.27. The molecule has 0 atom stereocenters. The molecule has 0 bridgehead atoms. The Kier molecular flexibility index (Phi) is 6.03. The van der Waals surface area contributed by atoms with Gasteiger partial charge in [-0.25, -0.2) is 0 Å². The first kappa shape index (κ1) is 13.7. The van der Waals surface area contributed by atoms with Gasteiger partial charge in [-0.1, -0.05) is 25.3 Å². The predicted octanol–water partition coefficient (Wildman–Crippen LogP) is 1.38. The fourth-order valence-electron chi connectivity index (χ4n) is 2.76. The fraction of sp³-hybridized carbons (Fsp3) is 0.846. The van der Waals surface area contributed by atoms with E-state index in [1.54, 1.807) is 0 Å². The van der Waals surface area contributed by atoms with E-state index in [1.807, 2.05) is 6.08 Å². The highest BCUT2D eigenvalue weighted by molar-refractivity contribution is 4.88. The van der Waals surface area contributed by atoms with E-state index in [9.17, 15) is 0 Å². The first-order chi connectivity index (χ1) is 7.76. The van der Waals surface area contributed by atoms with Crippen LogP contribution in [0.3, 0.4) is 0 Å². The van der Waals surface area contributed by atoms with Crippen LogP contribution in [0.1, 0.15) is 32.1 Å². The Hall–Kier alpha value is -0.380. The second kappa shape index (κ2) is 7.05. The molecule has 3 nitrogen and oxygen atoms in total. The zero-order chi connectivity index (χ0) is 11.9. The molecule has 0 aromatic heterocycles. The maximum Gasteiger partial charge on any atom is 0.0558 e. The maximum absolute atomic E-state index is 9.04. The number of nitrogens with zero attached hydrogens (tertiary/aromatic N) is 1. The first-order valence-corrected chi connectivity index (χ1v) is 6.40. The molecule has 1 aliphatic rings. The van der Waals surface area contributed by atoms with Crippen LogP contribution >= 0.6 is 0 Å². The van der Waals surface area contributed by atoms with Crippen molar-refractivity contribution in [1.29, 1.82) is 0 Å². The van der Waals surface area contributed by atoms with Gasteiger partial charge in [-0.15, -0.1) is 6.58 Å². The quantitative estimate of drug-likeness (QED) is 0.645. The number of aliphatic hydroxyl groups is 1. The molecule has 0 aromatic rings. The van der Waals surface area contributed by atoms with Crippen LogP contribution < -0.4 is 5.73 Å². The summed E-state index contributed by atoms with van der Waals surface area (Å²) in [5.41, 5.74) is 6.25. The summed E-state index contributed by atoms with van der Waals surface area (Å²) < 4.78 is 0. The monoisotopic (exact) mass is 226 g/mol. The zero-order valence-electron chi connectivity index (χ0n) is 10.3. The van der Waals surface area contributed by atoms with Crippen LogP contribution in [0, 0.1) is 5.41 Å². The van der Waals surface area contributed by atoms with Crippen molar-refractivity contribution in [3.05, 3.63) is 12.7 Å². The Balaban J connectivity index is 2.53. The summed E-state index contributed by atoms with van der Waals surface area (Å²) >= 11 is 0. The normalized spacial score (nSPS) is 19.9. The zero-order valence-corrected chi connectivity index (χ0v) is 10.3. The predicted molar refractivity (Wildman–Crippen MR) is 68.3 cm³/mol. The van der Waals surface area contributed by atoms with Crippen molar-refractivity contribution >= 4 is 0 Å². The molecule has 0 aliphatic heterocycles. The van der Waals surface area contributed by atoms with Crippen LogP contribution in [-0.4, -0.2) is 42.8 Å². The largest absolute Gasteiger partial charge is 0.395 e. The lowest BCUT2D eigenvalue weighted by molar-refractivity contribution is 0.104. The summed E-state index contributed by atoms with van der Waals surface area (Å²) in [6.07, 6.45) is 8.34. The molecule has 94 valence electrons. The van der Waals surface area contributed by atoms with Crippen molar-refractivity contribution in [3.63, 3.8) is 0 Å². The Labute approximate surface area is 99.3 Å². The van der Waals surface area contributed by atoms with E-state index in [0.29, 0.717) is 0 Å². The highest BCUT2D eigenvalue weighted by atomic mass is 16.3. The third-order valence-electron chi connectivity index (χ3n) is 3.71. The average Bonchev–Trinajstić information content (AvgIpc) is 2.31. The Morgan fingerprint density at radius 3 is 2.50 bits per heavy atom. The molecule has 0 saturated heterocycles. The van der Waals surface area contributed by atoms with Crippen LogP contribution in [0.4, 0.5) is 0 Å². The number of hydrogen-bond donors (Lipinski definition) is 2. The summed E-state index contributed by atoms with van der Waals surface area (Å²) in [6.45, 7) is 7.35. The van der Waals surface area contributed by atoms with Crippen LogP contribution in [0.2, 0.25) is 0 Å². The molecule has 1 fully saturated rings. The van der Waals surface area contributed by atoms with Crippen LogP contribution in [0.25, 0.3) is 0 Å². The molecule has 1 aliphatic carbocycles. The molecular formula is C13H26N2O. The Morgan fingerprint density at radius 1 is 1.31 bits per heavy atom. The van der Waals surface area contributed by atoms with Crippen molar-refractivity contribution in [2.45, 2.75) is 32.1 Å². The van der Waals surface area contributed by atoms with E-state index < -0.39 is 0 Å². The molecule has 0 aromatic carbocycles. The van der Waals surface area contributed by atoms with Gasteiger partial charge in [-0.05, 0) is 24.8 Å². The van der Waals surface area contributed by atoms with E-state index in [-0.39, 0.29) is 12.0 Å². The topological polar surface area (TPSA) is 49.5 Å². The van der Waals surface area contributed by atoms with Gasteiger partial charge in [0.2, 0.25) is 0 Å². The molecule has 0 unspecified atom stereocenters. The molecule has 0 radical (unpaired) electrons. The summed E-state index contributed by atoms with van der Waals surface area (Å²) in [7, 11) is 0. The van der Waals surface area contributed by atoms with E-state index in [0.717, 1.165) is 26.2 Å². The molecule has 0 heterocycles. The van der Waals surface area contributed by atoms with Crippen LogP contribution in [0.5, 0.6) is 0 Å². The second-order valence-corrected chi connectivity index (χ2v) is 5.01. The summed E-state index contributed by atoms with van der Waals surface area (Å²) in [5, 5.41) is 9.04. The van der Waals surface area contributed by atoms with Gasteiger partial charge < -0.3 is 10.8 Å². The van der Waals surface area contributed by atoms with Crippen LogP contribution in [0.15, 0.2) is 12.7 Å². The van der Waals surface area contributed by atoms with Crippen molar-refractivity contribution < 1.29 is 5.11 Å². The van der Waals surface area contributed by atoms with Gasteiger partial charge in [0, 0.05) is 19.6 Å². The van der Waals surface area contributed by atoms with Gasteiger partial charge in [-0.3, -0.25) is 4.90 Å². The smallest absolute Gasteiger partial charge is 0.0558 e. The third kappa shape index (κ3) is 3.89. The van der Waals surface area contributed by atoms with Gasteiger partial charge in [0.05, 0.1) is 6.61 Å². The minimum atomic E-state index is 0.217. The SMILES string of the molecule is C=CCN(CCO)CC1(CN)CCCCC1. The molecule has 1 rings (SSSR count). The van der Waals surface area contributed by atoms with Gasteiger partial charge in [-0.2, -0.15) is 0 Å². The lowest BCUT2D eigenvalue weighted by atomic mass is 9.73. The van der Waals surface area contributed by atoms with Crippen LogP contribution in [-0.2, 0) is 0 Å². The second-order valence-electron chi connectivity index (χ2n) is 5.01. The van der Waals surface area contributed by atoms with Crippen molar-refractivity contribution in [2.75, 3.05) is 32.8 Å². The van der Waals surface area contributed by atoms with E-state index in [2.05, 4.69) is 11.5 Å². The third-order valence-corrected chi connectivity index (χ3v) is 3.71. The minimum Gasteiger partial charge on any atom is -0.395 e.